The average Bonchev–Trinajstić information content (AvgIpc) is 2.50. The Labute approximate surface area is 83.1 Å². The topological polar surface area (TPSA) is 29.9 Å². The van der Waals surface area contributed by atoms with Crippen LogP contribution in [0.15, 0.2) is 6.20 Å². The summed E-state index contributed by atoms with van der Waals surface area (Å²) in [5.41, 5.74) is 1.27. The molecule has 0 spiro atoms. The van der Waals surface area contributed by atoms with E-state index >= 15 is 0 Å². The highest BCUT2D eigenvalue weighted by Crippen LogP contribution is 2.27. The van der Waals surface area contributed by atoms with E-state index in [2.05, 4.69) is 14.9 Å². The maximum Gasteiger partial charge on any atom is 0.203 e. The minimum atomic E-state index is 0.490. The molecule has 0 fully saturated rings. The van der Waals surface area contributed by atoms with Crippen molar-refractivity contribution in [3.63, 3.8) is 0 Å². The van der Waals surface area contributed by atoms with E-state index in [1.165, 1.54) is 18.5 Å². The molecule has 2 rings (SSSR count). The molecule has 0 aliphatic carbocycles. The van der Waals surface area contributed by atoms with Crippen LogP contribution < -0.4 is 5.32 Å². The highest BCUT2D eigenvalue weighted by molar-refractivity contribution is 6.28. The first kappa shape index (κ1) is 9.03. The standard InChI is InChI=1S/C9H14ClN3/c1-11-5-7-3-2-4-8-6-12-9(10)13(7)8/h6-7,11H,2-5H2,1H3. The number of halogens is 1. The largest absolute Gasteiger partial charge is 0.318 e. The normalized spacial score (nSPS) is 21.5. The molecular formula is C9H14ClN3. The number of hydrogen-bond donors (Lipinski definition) is 1. The SMILES string of the molecule is CNCC1CCCc2cnc(Cl)n21. The molecule has 1 N–H and O–H groups in total. The van der Waals surface area contributed by atoms with E-state index in [9.17, 15) is 0 Å². The molecule has 0 bridgehead atoms. The van der Waals surface area contributed by atoms with Crippen LogP contribution in [-0.2, 0) is 6.42 Å². The highest BCUT2D eigenvalue weighted by Gasteiger charge is 2.21. The fraction of sp³-hybridized carbons (Fsp3) is 0.667. The molecule has 0 aromatic carbocycles. The molecule has 13 heavy (non-hydrogen) atoms. The number of nitrogens with zero attached hydrogens (tertiary/aromatic N) is 2. The summed E-state index contributed by atoms with van der Waals surface area (Å²) >= 11 is 6.01. The van der Waals surface area contributed by atoms with Gasteiger partial charge < -0.3 is 9.88 Å². The first-order chi connectivity index (χ1) is 6.33. The van der Waals surface area contributed by atoms with Crippen molar-refractivity contribution in [3.8, 4) is 0 Å². The van der Waals surface area contributed by atoms with Gasteiger partial charge >= 0.3 is 0 Å². The van der Waals surface area contributed by atoms with Gasteiger partial charge in [-0.1, -0.05) is 0 Å². The van der Waals surface area contributed by atoms with Crippen molar-refractivity contribution in [2.45, 2.75) is 25.3 Å². The van der Waals surface area contributed by atoms with Gasteiger partial charge in [0.1, 0.15) is 0 Å². The second-order valence-electron chi connectivity index (χ2n) is 3.49. The molecule has 1 atom stereocenters. The van der Waals surface area contributed by atoms with Crippen molar-refractivity contribution in [3.05, 3.63) is 17.2 Å². The van der Waals surface area contributed by atoms with Gasteiger partial charge in [-0.05, 0) is 37.9 Å². The van der Waals surface area contributed by atoms with Crippen LogP contribution in [0.2, 0.25) is 5.28 Å². The van der Waals surface area contributed by atoms with E-state index in [0.717, 1.165) is 13.0 Å². The molecule has 0 saturated carbocycles. The predicted octanol–water partition coefficient (Wildman–Crippen LogP) is 1.63. The molecule has 0 saturated heterocycles. The number of aromatic nitrogens is 2. The Bertz CT molecular complexity index is 295. The zero-order chi connectivity index (χ0) is 9.26. The van der Waals surface area contributed by atoms with Gasteiger partial charge in [-0.25, -0.2) is 4.98 Å². The summed E-state index contributed by atoms with van der Waals surface area (Å²) in [6.45, 7) is 0.975. The first-order valence-electron chi connectivity index (χ1n) is 4.69. The maximum atomic E-state index is 6.01. The van der Waals surface area contributed by atoms with Gasteiger partial charge in [-0.3, -0.25) is 0 Å². The van der Waals surface area contributed by atoms with Crippen LogP contribution in [0.25, 0.3) is 0 Å². The van der Waals surface area contributed by atoms with Crippen molar-refractivity contribution in [1.29, 1.82) is 0 Å². The molecule has 3 nitrogen and oxygen atoms in total. The highest BCUT2D eigenvalue weighted by atomic mass is 35.5. The summed E-state index contributed by atoms with van der Waals surface area (Å²) < 4.78 is 2.15. The molecule has 1 aliphatic heterocycles. The summed E-state index contributed by atoms with van der Waals surface area (Å²) in [6.07, 6.45) is 5.45. The molecule has 1 aliphatic rings. The number of likely N-dealkylation sites (N-methyl/N-ethyl adjacent to an activating group) is 1. The van der Waals surface area contributed by atoms with Gasteiger partial charge in [0.15, 0.2) is 0 Å². The number of aryl methyl sites for hydroxylation is 1. The van der Waals surface area contributed by atoms with Crippen molar-refractivity contribution < 1.29 is 0 Å². The van der Waals surface area contributed by atoms with E-state index < -0.39 is 0 Å². The summed E-state index contributed by atoms with van der Waals surface area (Å²) in [5.74, 6) is 0. The van der Waals surface area contributed by atoms with Crippen LogP contribution in [-0.4, -0.2) is 23.1 Å². The van der Waals surface area contributed by atoms with Crippen molar-refractivity contribution in [2.24, 2.45) is 0 Å². The smallest absolute Gasteiger partial charge is 0.203 e. The van der Waals surface area contributed by atoms with Crippen LogP contribution in [0.4, 0.5) is 0 Å². The molecule has 4 heteroatoms. The van der Waals surface area contributed by atoms with E-state index in [4.69, 9.17) is 11.6 Å². The molecule has 0 amide bonds. The first-order valence-corrected chi connectivity index (χ1v) is 5.07. The molecule has 1 unspecified atom stereocenters. The third-order valence-electron chi connectivity index (χ3n) is 2.60. The number of fused-ring (bicyclic) bond motifs is 1. The van der Waals surface area contributed by atoms with E-state index in [1.807, 2.05) is 13.2 Å². The van der Waals surface area contributed by atoms with Gasteiger partial charge in [0.25, 0.3) is 0 Å². The number of nitrogens with one attached hydrogen (secondary N) is 1. The fourth-order valence-electron chi connectivity index (χ4n) is 2.02. The Morgan fingerprint density at radius 1 is 1.77 bits per heavy atom. The number of hydrogen-bond acceptors (Lipinski definition) is 2. The lowest BCUT2D eigenvalue weighted by molar-refractivity contribution is 0.391. The lowest BCUT2D eigenvalue weighted by Crippen LogP contribution is -2.26. The van der Waals surface area contributed by atoms with E-state index in [-0.39, 0.29) is 0 Å². The molecule has 72 valence electrons. The zero-order valence-electron chi connectivity index (χ0n) is 7.76. The summed E-state index contributed by atoms with van der Waals surface area (Å²) in [7, 11) is 1.97. The fourth-order valence-corrected chi connectivity index (χ4v) is 2.31. The van der Waals surface area contributed by atoms with Crippen molar-refractivity contribution >= 4 is 11.6 Å². The third kappa shape index (κ3) is 1.58. The van der Waals surface area contributed by atoms with Crippen LogP contribution in [0.5, 0.6) is 0 Å². The Morgan fingerprint density at radius 3 is 3.38 bits per heavy atom. The van der Waals surface area contributed by atoms with Gasteiger partial charge in [0.2, 0.25) is 5.28 Å². The predicted molar refractivity (Wildman–Crippen MR) is 53.1 cm³/mol. The maximum absolute atomic E-state index is 6.01. The van der Waals surface area contributed by atoms with Crippen molar-refractivity contribution in [1.82, 2.24) is 14.9 Å². The van der Waals surface area contributed by atoms with Crippen LogP contribution in [0.1, 0.15) is 24.6 Å². The minimum Gasteiger partial charge on any atom is -0.318 e. The second-order valence-corrected chi connectivity index (χ2v) is 3.83. The molecule has 2 heterocycles. The van der Waals surface area contributed by atoms with Gasteiger partial charge in [0.05, 0.1) is 0 Å². The summed E-state index contributed by atoms with van der Waals surface area (Å²) in [6, 6.07) is 0.490. The van der Waals surface area contributed by atoms with E-state index in [0.29, 0.717) is 11.3 Å². The summed E-state index contributed by atoms with van der Waals surface area (Å²) in [5, 5.41) is 3.82. The third-order valence-corrected chi connectivity index (χ3v) is 2.88. The molecule has 0 radical (unpaired) electrons. The van der Waals surface area contributed by atoms with Crippen LogP contribution in [0, 0.1) is 0 Å². The zero-order valence-corrected chi connectivity index (χ0v) is 8.51. The van der Waals surface area contributed by atoms with Crippen LogP contribution >= 0.6 is 11.6 Å². The van der Waals surface area contributed by atoms with Crippen molar-refractivity contribution in [2.75, 3.05) is 13.6 Å². The molecule has 1 aromatic heterocycles. The lowest BCUT2D eigenvalue weighted by atomic mass is 10.0. The van der Waals surface area contributed by atoms with Gasteiger partial charge in [-0.2, -0.15) is 0 Å². The quantitative estimate of drug-likeness (QED) is 0.785. The monoisotopic (exact) mass is 199 g/mol. The van der Waals surface area contributed by atoms with Gasteiger partial charge in [0, 0.05) is 24.5 Å². The Balaban J connectivity index is 2.29. The molecule has 1 aromatic rings. The van der Waals surface area contributed by atoms with Gasteiger partial charge in [-0.15, -0.1) is 0 Å². The Morgan fingerprint density at radius 2 is 2.62 bits per heavy atom. The van der Waals surface area contributed by atoms with E-state index in [1.54, 1.807) is 0 Å². The lowest BCUT2D eigenvalue weighted by Gasteiger charge is -2.25. The number of imidazole rings is 1. The number of rotatable bonds is 2. The average molecular weight is 200 g/mol. The summed E-state index contributed by atoms with van der Waals surface area (Å²) in [4.78, 5) is 4.13. The molecular weight excluding hydrogens is 186 g/mol. The second kappa shape index (κ2) is 3.68. The Hall–Kier alpha value is -0.540. The van der Waals surface area contributed by atoms with Crippen LogP contribution in [0.3, 0.4) is 0 Å². The Kier molecular flexibility index (Phi) is 2.56. The minimum absolute atomic E-state index is 0.490.